The molecule has 0 saturated heterocycles. The summed E-state index contributed by atoms with van der Waals surface area (Å²) in [7, 11) is 0. The third kappa shape index (κ3) is 3.99. The van der Waals surface area contributed by atoms with Crippen molar-refractivity contribution in [3.8, 4) is 5.75 Å². The number of fused-ring (bicyclic) bond motifs is 1. The van der Waals surface area contributed by atoms with E-state index in [-0.39, 0.29) is 11.6 Å². The van der Waals surface area contributed by atoms with Crippen LogP contribution < -0.4 is 10.9 Å². The van der Waals surface area contributed by atoms with Gasteiger partial charge in [-0.15, -0.1) is 0 Å². The van der Waals surface area contributed by atoms with Crippen molar-refractivity contribution in [1.29, 1.82) is 0 Å². The van der Waals surface area contributed by atoms with Crippen LogP contribution in [0.2, 0.25) is 5.02 Å². The predicted octanol–water partition coefficient (Wildman–Crippen LogP) is 3.82. The van der Waals surface area contributed by atoms with Gasteiger partial charge in [0, 0.05) is 22.6 Å². The highest BCUT2D eigenvalue weighted by Gasteiger charge is 2.16. The molecule has 2 aromatic carbocycles. The van der Waals surface area contributed by atoms with Gasteiger partial charge in [-0.05, 0) is 37.1 Å². The van der Waals surface area contributed by atoms with E-state index in [1.54, 1.807) is 19.1 Å². The molecule has 0 amide bonds. The second-order valence-corrected chi connectivity index (χ2v) is 7.03. The Bertz CT molecular complexity index is 1030. The van der Waals surface area contributed by atoms with Crippen LogP contribution in [0.25, 0.3) is 11.0 Å². The molecule has 0 fully saturated rings. The molecule has 1 heterocycles. The van der Waals surface area contributed by atoms with Gasteiger partial charge in [0.2, 0.25) is 0 Å². The minimum absolute atomic E-state index is 0.0928. The lowest BCUT2D eigenvalue weighted by Gasteiger charge is -2.12. The molecule has 0 atom stereocenters. The number of benzene rings is 2. The molecule has 3 rings (SSSR count). The summed E-state index contributed by atoms with van der Waals surface area (Å²) in [6.07, 6.45) is 1.64. The Labute approximate surface area is 161 Å². The van der Waals surface area contributed by atoms with Crippen LogP contribution >= 0.6 is 11.6 Å². The van der Waals surface area contributed by atoms with Crippen molar-refractivity contribution < 1.29 is 19.2 Å². The van der Waals surface area contributed by atoms with E-state index in [0.29, 0.717) is 40.4 Å². The monoisotopic (exact) mass is 390 g/mol. The standard InChI is InChI=1S/C21H21ClFNO3/c1-3-5-13-9-19(25)27-21-12(2)20(26)14(8-15(13)21)10-24-11-16-17(22)6-4-7-18(16)23/h4,6-9,24,26H,3,5,10-11H2,1-2H3/p+1. The number of phenolic OH excluding ortho intramolecular Hbond substituents is 1. The summed E-state index contributed by atoms with van der Waals surface area (Å²) >= 11 is 6.06. The summed E-state index contributed by atoms with van der Waals surface area (Å²) in [4.78, 5) is 11.8. The Hall–Kier alpha value is -2.37. The molecule has 6 heteroatoms. The van der Waals surface area contributed by atoms with Crippen molar-refractivity contribution in [2.45, 2.75) is 39.8 Å². The number of phenols is 1. The molecular formula is C21H22ClFNO3+. The summed E-state index contributed by atoms with van der Waals surface area (Å²) in [5, 5.41) is 13.6. The lowest BCUT2D eigenvalue weighted by Crippen LogP contribution is -2.80. The predicted molar refractivity (Wildman–Crippen MR) is 104 cm³/mol. The number of rotatable bonds is 6. The lowest BCUT2D eigenvalue weighted by molar-refractivity contribution is -0.686. The van der Waals surface area contributed by atoms with E-state index in [0.717, 1.165) is 23.8 Å². The highest BCUT2D eigenvalue weighted by atomic mass is 35.5. The van der Waals surface area contributed by atoms with Crippen LogP contribution in [0.1, 0.15) is 35.6 Å². The number of aryl methyl sites for hydroxylation is 2. The number of aromatic hydroxyl groups is 1. The zero-order chi connectivity index (χ0) is 19.6. The second kappa shape index (κ2) is 8.11. The van der Waals surface area contributed by atoms with E-state index >= 15 is 0 Å². The minimum Gasteiger partial charge on any atom is -0.507 e. The fraction of sp³-hybridized carbons (Fsp3) is 0.286. The first kappa shape index (κ1) is 19.4. The van der Waals surface area contributed by atoms with Crippen LogP contribution in [0.4, 0.5) is 4.39 Å². The average Bonchev–Trinajstić information content (AvgIpc) is 2.62. The zero-order valence-electron chi connectivity index (χ0n) is 15.3. The SMILES string of the molecule is CCCc1cc(=O)oc2c(C)c(O)c(C[NH2+]Cc3c(F)cccc3Cl)cc12. The summed E-state index contributed by atoms with van der Waals surface area (Å²) in [6.45, 7) is 4.57. The largest absolute Gasteiger partial charge is 0.507 e. The summed E-state index contributed by atoms with van der Waals surface area (Å²) in [5.41, 5.74) is 2.60. The number of hydrogen-bond donors (Lipinski definition) is 2. The Morgan fingerprint density at radius 2 is 2.00 bits per heavy atom. The summed E-state index contributed by atoms with van der Waals surface area (Å²) in [6, 6.07) is 7.97. The second-order valence-electron chi connectivity index (χ2n) is 6.62. The molecule has 3 aromatic rings. The molecule has 0 spiro atoms. The Morgan fingerprint density at radius 1 is 1.22 bits per heavy atom. The Kier molecular flexibility index (Phi) is 5.82. The van der Waals surface area contributed by atoms with E-state index in [2.05, 4.69) is 0 Å². The molecule has 3 N–H and O–H groups in total. The van der Waals surface area contributed by atoms with Crippen molar-refractivity contribution in [2.24, 2.45) is 0 Å². The average molecular weight is 391 g/mol. The quantitative estimate of drug-likeness (QED) is 0.629. The minimum atomic E-state index is -0.415. The molecule has 4 nitrogen and oxygen atoms in total. The summed E-state index contributed by atoms with van der Waals surface area (Å²) < 4.78 is 19.2. The molecule has 0 unspecified atom stereocenters. The van der Waals surface area contributed by atoms with E-state index in [4.69, 9.17) is 16.0 Å². The molecule has 27 heavy (non-hydrogen) atoms. The van der Waals surface area contributed by atoms with Crippen molar-refractivity contribution in [1.82, 2.24) is 0 Å². The van der Waals surface area contributed by atoms with E-state index in [9.17, 15) is 14.3 Å². The maximum absolute atomic E-state index is 13.9. The Balaban J connectivity index is 1.92. The number of nitrogens with two attached hydrogens (primary N) is 1. The van der Waals surface area contributed by atoms with Gasteiger partial charge in [0.05, 0.1) is 10.6 Å². The summed E-state index contributed by atoms with van der Waals surface area (Å²) in [5.74, 6) is -0.250. The normalized spacial score (nSPS) is 11.3. The van der Waals surface area contributed by atoms with Gasteiger partial charge in [-0.2, -0.15) is 0 Å². The van der Waals surface area contributed by atoms with E-state index in [1.165, 1.54) is 12.1 Å². The van der Waals surface area contributed by atoms with Crippen molar-refractivity contribution in [3.63, 3.8) is 0 Å². The van der Waals surface area contributed by atoms with Gasteiger partial charge in [-0.3, -0.25) is 0 Å². The molecular weight excluding hydrogens is 369 g/mol. The van der Waals surface area contributed by atoms with E-state index in [1.807, 2.05) is 18.3 Å². The van der Waals surface area contributed by atoms with Crippen molar-refractivity contribution in [2.75, 3.05) is 0 Å². The van der Waals surface area contributed by atoms with Gasteiger partial charge in [0.1, 0.15) is 30.2 Å². The molecule has 0 bridgehead atoms. The highest BCUT2D eigenvalue weighted by Crippen LogP contribution is 2.31. The number of hydrogen-bond acceptors (Lipinski definition) is 3. The molecule has 0 aliphatic carbocycles. The van der Waals surface area contributed by atoms with Crippen LogP contribution in [-0.2, 0) is 19.5 Å². The molecule has 0 aliphatic heterocycles. The first-order valence-electron chi connectivity index (χ1n) is 8.95. The van der Waals surface area contributed by atoms with Crippen LogP contribution in [0.15, 0.2) is 39.5 Å². The molecule has 0 saturated carbocycles. The molecule has 0 aliphatic rings. The van der Waals surface area contributed by atoms with E-state index < -0.39 is 5.63 Å². The van der Waals surface area contributed by atoms with Gasteiger partial charge in [0.25, 0.3) is 0 Å². The van der Waals surface area contributed by atoms with Gasteiger partial charge in [0.15, 0.2) is 0 Å². The smallest absolute Gasteiger partial charge is 0.336 e. The van der Waals surface area contributed by atoms with Gasteiger partial charge in [-0.1, -0.05) is 31.0 Å². The highest BCUT2D eigenvalue weighted by molar-refractivity contribution is 6.31. The Morgan fingerprint density at radius 3 is 2.70 bits per heavy atom. The fourth-order valence-electron chi connectivity index (χ4n) is 3.31. The van der Waals surface area contributed by atoms with Crippen LogP contribution in [0.3, 0.4) is 0 Å². The maximum atomic E-state index is 13.9. The molecule has 0 radical (unpaired) electrons. The van der Waals surface area contributed by atoms with Crippen LogP contribution in [0, 0.1) is 12.7 Å². The van der Waals surface area contributed by atoms with Crippen LogP contribution in [-0.4, -0.2) is 5.11 Å². The molecule has 142 valence electrons. The van der Waals surface area contributed by atoms with Crippen molar-refractivity contribution >= 4 is 22.6 Å². The molecule has 1 aromatic heterocycles. The van der Waals surface area contributed by atoms with Gasteiger partial charge >= 0.3 is 5.63 Å². The first-order valence-corrected chi connectivity index (χ1v) is 9.32. The first-order chi connectivity index (χ1) is 12.9. The number of halogens is 2. The zero-order valence-corrected chi connectivity index (χ0v) is 16.1. The lowest BCUT2D eigenvalue weighted by atomic mass is 9.99. The fourth-order valence-corrected chi connectivity index (χ4v) is 3.55. The third-order valence-corrected chi connectivity index (χ3v) is 5.05. The number of quaternary nitrogens is 1. The maximum Gasteiger partial charge on any atom is 0.336 e. The van der Waals surface area contributed by atoms with Gasteiger partial charge < -0.3 is 14.8 Å². The van der Waals surface area contributed by atoms with Gasteiger partial charge in [-0.25, -0.2) is 9.18 Å². The topological polar surface area (TPSA) is 67.0 Å². The third-order valence-electron chi connectivity index (χ3n) is 4.70. The van der Waals surface area contributed by atoms with Crippen LogP contribution in [0.5, 0.6) is 5.75 Å². The van der Waals surface area contributed by atoms with Crippen molar-refractivity contribution in [3.05, 3.63) is 73.8 Å².